The summed E-state index contributed by atoms with van der Waals surface area (Å²) in [4.78, 5) is 0. The number of methoxy groups -OCH3 is 2. The van der Waals surface area contributed by atoms with E-state index < -0.39 is 9.92 Å². The smallest absolute Gasteiger partial charge is 0.127 e. The molecule has 0 aliphatic rings. The van der Waals surface area contributed by atoms with Crippen LogP contribution in [0.3, 0.4) is 0 Å². The Morgan fingerprint density at radius 2 is 2.00 bits per heavy atom. The van der Waals surface area contributed by atoms with Crippen LogP contribution < -0.4 is 9.47 Å². The van der Waals surface area contributed by atoms with Gasteiger partial charge >= 0.3 is 0 Å². The van der Waals surface area contributed by atoms with E-state index in [2.05, 4.69) is 17.5 Å². The first kappa shape index (κ1) is 18.3. The molecule has 0 spiro atoms. The molecular formula is C16H24N2O3S. The Balaban J connectivity index is 3.13. The molecule has 0 amide bonds. The van der Waals surface area contributed by atoms with Gasteiger partial charge in [0.05, 0.1) is 20.8 Å². The Labute approximate surface area is 133 Å². The first-order valence-corrected chi connectivity index (χ1v) is 8.72. The van der Waals surface area contributed by atoms with Gasteiger partial charge in [0.1, 0.15) is 21.4 Å². The van der Waals surface area contributed by atoms with E-state index in [-0.39, 0.29) is 0 Å². The number of benzene rings is 1. The highest BCUT2D eigenvalue weighted by Crippen LogP contribution is 2.26. The number of hydrogen-bond donors (Lipinski definition) is 0. The summed E-state index contributed by atoms with van der Waals surface area (Å²) in [6, 6.07) is 5.55. The lowest BCUT2D eigenvalue weighted by molar-refractivity contribution is 0.383. The molecule has 122 valence electrons. The fraction of sp³-hybridized carbons (Fsp3) is 0.375. The average molecular weight is 324 g/mol. The maximum absolute atomic E-state index is 12.8. The summed E-state index contributed by atoms with van der Waals surface area (Å²) in [6.07, 6.45) is 4.96. The van der Waals surface area contributed by atoms with Gasteiger partial charge in [0.25, 0.3) is 0 Å². The number of hydrogen-bond acceptors (Lipinski definition) is 4. The molecule has 0 aromatic heterocycles. The van der Waals surface area contributed by atoms with Crippen molar-refractivity contribution in [1.82, 2.24) is 4.31 Å². The lowest BCUT2D eigenvalue weighted by Crippen LogP contribution is -2.30. The molecule has 6 heteroatoms. The molecule has 0 radical (unpaired) electrons. The third kappa shape index (κ3) is 4.89. The van der Waals surface area contributed by atoms with Crippen LogP contribution in [0.2, 0.25) is 0 Å². The van der Waals surface area contributed by atoms with Gasteiger partial charge in [-0.1, -0.05) is 18.2 Å². The average Bonchev–Trinajstić information content (AvgIpc) is 2.52. The topological polar surface area (TPSA) is 51.1 Å². The van der Waals surface area contributed by atoms with Crippen molar-refractivity contribution in [3.05, 3.63) is 49.1 Å². The fourth-order valence-corrected chi connectivity index (χ4v) is 3.22. The maximum atomic E-state index is 12.8. The Hall–Kier alpha value is -1.79. The van der Waals surface area contributed by atoms with Crippen molar-refractivity contribution in [2.75, 3.05) is 33.6 Å². The van der Waals surface area contributed by atoms with E-state index in [0.29, 0.717) is 31.1 Å². The Bertz CT molecular complexity index is 634. The van der Waals surface area contributed by atoms with E-state index in [0.717, 1.165) is 5.56 Å². The molecule has 0 saturated heterocycles. The van der Waals surface area contributed by atoms with Gasteiger partial charge < -0.3 is 9.47 Å². The van der Waals surface area contributed by atoms with Gasteiger partial charge in [-0.25, -0.2) is 12.9 Å². The van der Waals surface area contributed by atoms with Crippen LogP contribution in [0.4, 0.5) is 0 Å². The Morgan fingerprint density at radius 1 is 1.27 bits per heavy atom. The summed E-state index contributed by atoms with van der Waals surface area (Å²) in [7, 11) is 0.695. The minimum atomic E-state index is -2.51. The summed E-state index contributed by atoms with van der Waals surface area (Å²) < 4.78 is 29.3. The standard InChI is InChI=1S/C16H24N2O3S/c1-6-10-17-22(5,19)18(11-7-2)13-14-8-9-15(20-3)12-16(14)21-4/h6-9,12H,1-2,10-11,13H2,3-5H3/t22-/m1/s1. The second kappa shape index (κ2) is 8.60. The molecule has 0 saturated carbocycles. The lowest BCUT2D eigenvalue weighted by Gasteiger charge is -2.23. The van der Waals surface area contributed by atoms with Crippen LogP contribution in [0.25, 0.3) is 0 Å². The summed E-state index contributed by atoms with van der Waals surface area (Å²) in [6.45, 7) is 8.59. The van der Waals surface area contributed by atoms with Crippen LogP contribution in [0.1, 0.15) is 5.56 Å². The zero-order valence-electron chi connectivity index (χ0n) is 13.4. The molecule has 0 aliphatic carbocycles. The molecule has 5 nitrogen and oxygen atoms in total. The van der Waals surface area contributed by atoms with Gasteiger partial charge in [-0.3, -0.25) is 0 Å². The Kier molecular flexibility index (Phi) is 7.14. The van der Waals surface area contributed by atoms with Gasteiger partial charge in [0, 0.05) is 31.0 Å². The summed E-state index contributed by atoms with van der Waals surface area (Å²) in [5, 5.41) is 0. The molecule has 0 N–H and O–H groups in total. The van der Waals surface area contributed by atoms with Crippen molar-refractivity contribution in [2.45, 2.75) is 6.54 Å². The van der Waals surface area contributed by atoms with Crippen molar-refractivity contribution in [3.63, 3.8) is 0 Å². The van der Waals surface area contributed by atoms with Crippen molar-refractivity contribution >= 4 is 9.92 Å². The molecule has 0 aliphatic heterocycles. The summed E-state index contributed by atoms with van der Waals surface area (Å²) in [5.41, 5.74) is 0.911. The quantitative estimate of drug-likeness (QED) is 0.656. The minimum absolute atomic E-state index is 0.350. The molecule has 1 rings (SSSR count). The summed E-state index contributed by atoms with van der Waals surface area (Å²) >= 11 is 0. The predicted molar refractivity (Wildman–Crippen MR) is 91.7 cm³/mol. The van der Waals surface area contributed by atoms with Crippen molar-refractivity contribution in [1.29, 1.82) is 0 Å². The van der Waals surface area contributed by atoms with Crippen LogP contribution in [0.15, 0.2) is 47.9 Å². The predicted octanol–water partition coefficient (Wildman–Crippen LogP) is 2.89. The SMILES string of the molecule is C=CCN=[S@@](C)(=O)N(CC=C)Cc1ccc(OC)cc1OC. The highest BCUT2D eigenvalue weighted by molar-refractivity contribution is 7.90. The van der Waals surface area contributed by atoms with Gasteiger partial charge in [-0.2, -0.15) is 0 Å². The number of rotatable bonds is 9. The Morgan fingerprint density at radius 3 is 2.55 bits per heavy atom. The van der Waals surface area contributed by atoms with E-state index in [1.165, 1.54) is 0 Å². The molecule has 0 bridgehead atoms. The lowest BCUT2D eigenvalue weighted by atomic mass is 10.2. The van der Waals surface area contributed by atoms with Gasteiger partial charge in [0.2, 0.25) is 0 Å². The van der Waals surface area contributed by atoms with Crippen molar-refractivity contribution in [2.24, 2.45) is 4.36 Å². The van der Waals surface area contributed by atoms with Gasteiger partial charge in [-0.05, 0) is 6.07 Å². The highest BCUT2D eigenvalue weighted by Gasteiger charge is 2.16. The number of ether oxygens (including phenoxy) is 2. The summed E-state index contributed by atoms with van der Waals surface area (Å²) in [5.74, 6) is 1.40. The van der Waals surface area contributed by atoms with E-state index in [4.69, 9.17) is 9.47 Å². The largest absolute Gasteiger partial charge is 0.497 e. The molecule has 1 aromatic carbocycles. The van der Waals surface area contributed by atoms with E-state index in [1.54, 1.807) is 43.0 Å². The second-order valence-corrected chi connectivity index (χ2v) is 6.95. The van der Waals surface area contributed by atoms with Crippen LogP contribution in [-0.4, -0.2) is 42.1 Å². The van der Waals surface area contributed by atoms with Crippen molar-refractivity contribution in [3.8, 4) is 11.5 Å². The maximum Gasteiger partial charge on any atom is 0.127 e. The molecule has 1 atom stereocenters. The molecule has 1 aromatic rings. The monoisotopic (exact) mass is 324 g/mol. The third-order valence-electron chi connectivity index (χ3n) is 3.10. The molecule has 0 heterocycles. The molecular weight excluding hydrogens is 300 g/mol. The third-order valence-corrected chi connectivity index (χ3v) is 4.96. The molecule has 0 unspecified atom stereocenters. The van der Waals surface area contributed by atoms with E-state index in [1.807, 2.05) is 12.1 Å². The number of nitrogens with zero attached hydrogens (tertiary/aromatic N) is 2. The molecule has 0 fully saturated rings. The highest BCUT2D eigenvalue weighted by atomic mass is 32.2. The fourth-order valence-electron chi connectivity index (χ4n) is 1.91. The first-order chi connectivity index (χ1) is 10.5. The zero-order valence-corrected chi connectivity index (χ0v) is 14.3. The van der Waals surface area contributed by atoms with Crippen molar-refractivity contribution < 1.29 is 13.7 Å². The normalized spacial score (nSPS) is 13.3. The van der Waals surface area contributed by atoms with Gasteiger partial charge in [0.15, 0.2) is 0 Å². The molecule has 22 heavy (non-hydrogen) atoms. The zero-order chi connectivity index (χ0) is 16.6. The second-order valence-electron chi connectivity index (χ2n) is 4.65. The minimum Gasteiger partial charge on any atom is -0.497 e. The van der Waals surface area contributed by atoms with Crippen LogP contribution in [-0.2, 0) is 16.5 Å². The van der Waals surface area contributed by atoms with Crippen LogP contribution >= 0.6 is 0 Å². The van der Waals surface area contributed by atoms with Crippen LogP contribution in [0, 0.1) is 0 Å². The van der Waals surface area contributed by atoms with Gasteiger partial charge in [-0.15, -0.1) is 13.2 Å². The van der Waals surface area contributed by atoms with Crippen LogP contribution in [0.5, 0.6) is 11.5 Å². The first-order valence-electron chi connectivity index (χ1n) is 6.84. The van der Waals surface area contributed by atoms with E-state index >= 15 is 0 Å². The van der Waals surface area contributed by atoms with E-state index in [9.17, 15) is 4.21 Å².